The molecule has 0 spiro atoms. The molecular weight excluding hydrogens is 264 g/mol. The van der Waals surface area contributed by atoms with Crippen LogP contribution in [0.15, 0.2) is 11.5 Å². The van der Waals surface area contributed by atoms with E-state index in [1.165, 1.54) is 29.4 Å². The van der Waals surface area contributed by atoms with Gasteiger partial charge >= 0.3 is 5.97 Å². The van der Waals surface area contributed by atoms with Crippen molar-refractivity contribution in [3.05, 3.63) is 22.2 Å². The normalized spacial score (nSPS) is 10.7. The molecule has 1 rings (SSSR count). The van der Waals surface area contributed by atoms with Gasteiger partial charge in [-0.15, -0.1) is 11.3 Å². The number of methoxy groups -OCH3 is 1. The summed E-state index contributed by atoms with van der Waals surface area (Å²) in [6, 6.07) is 0. The van der Waals surface area contributed by atoms with E-state index in [0.29, 0.717) is 6.54 Å². The molecule has 1 heterocycles. The third kappa shape index (κ3) is 5.21. The van der Waals surface area contributed by atoms with Crippen molar-refractivity contribution in [1.29, 1.82) is 0 Å². The summed E-state index contributed by atoms with van der Waals surface area (Å²) in [4.78, 5) is 28.9. The van der Waals surface area contributed by atoms with Crippen molar-refractivity contribution in [1.82, 2.24) is 9.88 Å². The predicted octanol–water partition coefficient (Wildman–Crippen LogP) is 1.88. The van der Waals surface area contributed by atoms with Crippen LogP contribution in [-0.4, -0.2) is 42.0 Å². The van der Waals surface area contributed by atoms with Crippen LogP contribution in [0.5, 0.6) is 0 Å². The Balaban J connectivity index is 2.65. The van der Waals surface area contributed by atoms with Gasteiger partial charge in [-0.05, 0) is 19.4 Å². The van der Waals surface area contributed by atoms with Crippen molar-refractivity contribution in [3.63, 3.8) is 0 Å². The Morgan fingerprint density at radius 2 is 2.26 bits per heavy atom. The highest BCUT2D eigenvalue weighted by Crippen LogP contribution is 2.09. The summed E-state index contributed by atoms with van der Waals surface area (Å²) in [5.41, 5.74) is 0.755. The number of esters is 1. The fraction of sp³-hybridized carbons (Fsp3) is 0.462. The van der Waals surface area contributed by atoms with Crippen LogP contribution in [0.4, 0.5) is 0 Å². The number of aromatic nitrogens is 1. The van der Waals surface area contributed by atoms with Gasteiger partial charge in [0.15, 0.2) is 0 Å². The average molecular weight is 282 g/mol. The van der Waals surface area contributed by atoms with Crippen molar-refractivity contribution in [3.8, 4) is 0 Å². The maximum Gasteiger partial charge on any atom is 0.325 e. The minimum absolute atomic E-state index is 0.0242. The molecule has 5 nitrogen and oxygen atoms in total. The summed E-state index contributed by atoms with van der Waals surface area (Å²) >= 11 is 1.53. The van der Waals surface area contributed by atoms with Crippen LogP contribution in [0.2, 0.25) is 0 Å². The molecule has 0 saturated carbocycles. The Bertz CT molecular complexity index is 468. The van der Waals surface area contributed by atoms with Gasteiger partial charge in [0.25, 0.3) is 0 Å². The molecule has 6 heteroatoms. The first-order valence-corrected chi connectivity index (χ1v) is 6.90. The molecule has 0 aliphatic rings. The molecule has 0 aromatic carbocycles. The quantitative estimate of drug-likeness (QED) is 0.590. The molecule has 0 atom stereocenters. The zero-order valence-electron chi connectivity index (χ0n) is 11.4. The third-order valence-corrected chi connectivity index (χ3v) is 3.18. The molecule has 0 radical (unpaired) electrons. The van der Waals surface area contributed by atoms with E-state index in [2.05, 4.69) is 9.72 Å². The number of rotatable bonds is 6. The molecule has 0 saturated heterocycles. The van der Waals surface area contributed by atoms with Gasteiger partial charge < -0.3 is 9.64 Å². The molecule has 1 aromatic heterocycles. The zero-order valence-corrected chi connectivity index (χ0v) is 12.2. The van der Waals surface area contributed by atoms with Gasteiger partial charge in [0.1, 0.15) is 6.54 Å². The number of carbonyl (C=O) groups excluding carboxylic acids is 2. The highest BCUT2D eigenvalue weighted by atomic mass is 32.1. The minimum atomic E-state index is -0.417. The van der Waals surface area contributed by atoms with Gasteiger partial charge in [0.05, 0.1) is 17.8 Å². The summed E-state index contributed by atoms with van der Waals surface area (Å²) in [5.74, 6) is -0.627. The van der Waals surface area contributed by atoms with E-state index in [1.807, 2.05) is 19.2 Å². The first kappa shape index (κ1) is 15.4. The summed E-state index contributed by atoms with van der Waals surface area (Å²) in [7, 11) is 1.31. The van der Waals surface area contributed by atoms with Crippen LogP contribution in [0.25, 0.3) is 6.08 Å². The van der Waals surface area contributed by atoms with E-state index in [1.54, 1.807) is 6.08 Å². The van der Waals surface area contributed by atoms with Crippen LogP contribution in [0.1, 0.15) is 24.0 Å². The number of ether oxygens (including phenoxy) is 1. The Labute approximate surface area is 116 Å². The number of nitrogens with zero attached hydrogens (tertiary/aromatic N) is 2. The molecule has 0 aliphatic carbocycles. The fourth-order valence-electron chi connectivity index (χ4n) is 1.48. The molecule has 0 aliphatic heterocycles. The molecular formula is C13H18N2O3S. The molecule has 19 heavy (non-hydrogen) atoms. The first-order valence-electron chi connectivity index (χ1n) is 6.02. The number of carbonyl (C=O) groups is 2. The fourth-order valence-corrected chi connectivity index (χ4v) is 2.06. The molecule has 0 bridgehead atoms. The summed E-state index contributed by atoms with van der Waals surface area (Å²) in [5, 5.41) is 2.83. The van der Waals surface area contributed by atoms with Crippen LogP contribution < -0.4 is 0 Å². The lowest BCUT2D eigenvalue weighted by molar-refractivity contribution is -0.145. The number of amides is 1. The minimum Gasteiger partial charge on any atom is -0.468 e. The molecule has 1 aromatic rings. The number of hydrogen-bond acceptors (Lipinski definition) is 5. The van der Waals surface area contributed by atoms with E-state index in [-0.39, 0.29) is 12.5 Å². The largest absolute Gasteiger partial charge is 0.468 e. The number of thiazole rings is 1. The molecule has 0 unspecified atom stereocenters. The van der Waals surface area contributed by atoms with Crippen LogP contribution >= 0.6 is 11.3 Å². The number of hydrogen-bond donors (Lipinski definition) is 0. The monoisotopic (exact) mass is 282 g/mol. The van der Waals surface area contributed by atoms with Gasteiger partial charge in [0.2, 0.25) is 5.91 Å². The van der Waals surface area contributed by atoms with Crippen molar-refractivity contribution in [2.24, 2.45) is 0 Å². The Morgan fingerprint density at radius 1 is 1.53 bits per heavy atom. The van der Waals surface area contributed by atoms with Crippen LogP contribution in [0.3, 0.4) is 0 Å². The summed E-state index contributed by atoms with van der Waals surface area (Å²) < 4.78 is 4.58. The van der Waals surface area contributed by atoms with E-state index < -0.39 is 5.97 Å². The van der Waals surface area contributed by atoms with Gasteiger partial charge in [-0.25, -0.2) is 4.98 Å². The predicted molar refractivity (Wildman–Crippen MR) is 74.8 cm³/mol. The zero-order chi connectivity index (χ0) is 14.3. The lowest BCUT2D eigenvalue weighted by atomic mass is 10.3. The van der Waals surface area contributed by atoms with E-state index in [9.17, 15) is 9.59 Å². The van der Waals surface area contributed by atoms with Crippen molar-refractivity contribution < 1.29 is 14.3 Å². The Morgan fingerprint density at radius 3 is 2.79 bits per heavy atom. The van der Waals surface area contributed by atoms with E-state index in [4.69, 9.17) is 0 Å². The highest BCUT2D eigenvalue weighted by Gasteiger charge is 2.14. The Hall–Kier alpha value is -1.69. The lowest BCUT2D eigenvalue weighted by Gasteiger charge is -2.18. The first-order chi connectivity index (χ1) is 9.06. The summed E-state index contributed by atoms with van der Waals surface area (Å²) in [6.45, 7) is 4.35. The molecule has 104 valence electrons. The topological polar surface area (TPSA) is 59.5 Å². The molecule has 0 fully saturated rings. The standard InChI is InChI=1S/C13H18N2O3S/c1-4-7-15(8-13(17)18-3)12(16)6-5-11-9-19-10(2)14-11/h5-6,9H,4,7-8H2,1-3H3/b6-5+. The van der Waals surface area contributed by atoms with Gasteiger partial charge in [-0.1, -0.05) is 6.92 Å². The van der Waals surface area contributed by atoms with Gasteiger partial charge in [-0.2, -0.15) is 0 Å². The second-order valence-electron chi connectivity index (χ2n) is 3.96. The smallest absolute Gasteiger partial charge is 0.325 e. The number of aryl methyl sites for hydroxylation is 1. The summed E-state index contributed by atoms with van der Waals surface area (Å²) in [6.07, 6.45) is 3.88. The van der Waals surface area contributed by atoms with E-state index >= 15 is 0 Å². The molecule has 0 N–H and O–H groups in total. The maximum absolute atomic E-state index is 12.0. The highest BCUT2D eigenvalue weighted by molar-refractivity contribution is 7.09. The van der Waals surface area contributed by atoms with Crippen LogP contribution in [-0.2, 0) is 14.3 Å². The van der Waals surface area contributed by atoms with Crippen molar-refractivity contribution >= 4 is 29.3 Å². The Kier molecular flexibility index (Phi) is 6.21. The van der Waals surface area contributed by atoms with E-state index in [0.717, 1.165) is 17.1 Å². The average Bonchev–Trinajstić information content (AvgIpc) is 2.81. The second kappa shape index (κ2) is 7.68. The van der Waals surface area contributed by atoms with Crippen molar-refractivity contribution in [2.75, 3.05) is 20.2 Å². The third-order valence-electron chi connectivity index (χ3n) is 2.39. The van der Waals surface area contributed by atoms with Crippen LogP contribution in [0, 0.1) is 6.92 Å². The van der Waals surface area contributed by atoms with Crippen molar-refractivity contribution in [2.45, 2.75) is 20.3 Å². The van der Waals surface area contributed by atoms with Gasteiger partial charge in [-0.3, -0.25) is 9.59 Å². The molecule has 1 amide bonds. The van der Waals surface area contributed by atoms with Gasteiger partial charge in [0, 0.05) is 18.0 Å². The maximum atomic E-state index is 12.0. The SMILES string of the molecule is CCCN(CC(=O)OC)C(=O)/C=C/c1csc(C)n1. The second-order valence-corrected chi connectivity index (χ2v) is 5.02. The lowest BCUT2D eigenvalue weighted by Crippen LogP contribution is -2.35.